The number of imidazole rings is 1. The molecule has 1 aromatic rings. The third-order valence-electron chi connectivity index (χ3n) is 10.4. The Kier molecular flexibility index (Phi) is 4.90. The molecular formula is C26H37N3O2. The number of carbonyl (C=O) groups excluding carboxylic acids is 1. The van der Waals surface area contributed by atoms with Gasteiger partial charge in [0.1, 0.15) is 6.07 Å². The van der Waals surface area contributed by atoms with Crippen molar-refractivity contribution in [2.24, 2.45) is 40.4 Å². The molecule has 4 aliphatic rings. The topological polar surface area (TPSA) is 78.9 Å². The Labute approximate surface area is 186 Å². The molecule has 1 heterocycles. The molecule has 0 aromatic carbocycles. The Balaban J connectivity index is 1.34. The van der Waals surface area contributed by atoms with Crippen LogP contribution in [0.5, 0.6) is 0 Å². The van der Waals surface area contributed by atoms with Crippen LogP contribution in [0.1, 0.15) is 84.3 Å². The predicted octanol–water partition coefficient (Wildman–Crippen LogP) is 4.73. The summed E-state index contributed by atoms with van der Waals surface area (Å²) in [6.45, 7) is 7.29. The molecule has 8 atom stereocenters. The monoisotopic (exact) mass is 423 g/mol. The summed E-state index contributed by atoms with van der Waals surface area (Å²) < 4.78 is 1.78. The largest absolute Gasteiger partial charge is 0.390 e. The lowest BCUT2D eigenvalue weighted by molar-refractivity contribution is -0.151. The van der Waals surface area contributed by atoms with Gasteiger partial charge in [-0.3, -0.25) is 4.79 Å². The molecule has 0 bridgehead atoms. The van der Waals surface area contributed by atoms with E-state index in [4.69, 9.17) is 5.26 Å². The van der Waals surface area contributed by atoms with Gasteiger partial charge in [0.25, 0.3) is 0 Å². The summed E-state index contributed by atoms with van der Waals surface area (Å²) in [5.41, 5.74) is 0.364. The van der Waals surface area contributed by atoms with Crippen LogP contribution in [-0.2, 0) is 11.3 Å². The second kappa shape index (κ2) is 7.17. The smallest absolute Gasteiger partial charge is 0.158 e. The Morgan fingerprint density at radius 1 is 1.13 bits per heavy atom. The third-order valence-corrected chi connectivity index (χ3v) is 10.4. The molecule has 0 spiro atoms. The summed E-state index contributed by atoms with van der Waals surface area (Å²) in [4.78, 5) is 17.4. The lowest BCUT2D eigenvalue weighted by Gasteiger charge is -2.61. The van der Waals surface area contributed by atoms with Crippen LogP contribution < -0.4 is 0 Å². The van der Waals surface area contributed by atoms with Gasteiger partial charge in [0, 0.05) is 12.1 Å². The summed E-state index contributed by atoms with van der Waals surface area (Å²) in [7, 11) is 0. The number of hydrogen-bond donors (Lipinski definition) is 1. The first-order chi connectivity index (χ1) is 14.7. The SMILES string of the molecule is C[C@@]1(O)CC[C@@]2(C)[C@@H](CC[C@@H]3[C@@H]2CC[C@]2(C)[C@@H](C(=O)Cn4cnc(C#N)c4)CC[C@@H]32)C1. The fourth-order valence-electron chi connectivity index (χ4n) is 8.75. The number of rotatable bonds is 3. The molecule has 5 rings (SSSR count). The molecular weight excluding hydrogens is 386 g/mol. The van der Waals surface area contributed by atoms with Crippen molar-refractivity contribution in [1.29, 1.82) is 5.26 Å². The number of ketones is 1. The maximum absolute atomic E-state index is 13.3. The van der Waals surface area contributed by atoms with Crippen molar-refractivity contribution in [3.8, 4) is 6.07 Å². The summed E-state index contributed by atoms with van der Waals surface area (Å²) in [6, 6.07) is 2.05. The highest BCUT2D eigenvalue weighted by molar-refractivity contribution is 5.82. The van der Waals surface area contributed by atoms with Gasteiger partial charge < -0.3 is 9.67 Å². The molecule has 0 saturated heterocycles. The molecule has 4 aliphatic carbocycles. The van der Waals surface area contributed by atoms with Gasteiger partial charge in [-0.05, 0) is 99.2 Å². The zero-order valence-electron chi connectivity index (χ0n) is 19.3. The maximum atomic E-state index is 13.3. The Hall–Kier alpha value is -1.67. The standard InChI is InChI=1S/C26H37N3O2/c1-24(31)10-11-25(2)17(12-24)4-5-19-20-6-7-22(26(20,3)9-8-21(19)25)23(30)15-29-14-18(13-27)28-16-29/h14,16-17,19-22,31H,4-12,15H2,1-3H3/t17-,19-,20-,21-,22+,24+,25-,26-/m0/s1. The van der Waals surface area contributed by atoms with Crippen molar-refractivity contribution in [2.45, 2.75) is 90.7 Å². The minimum atomic E-state index is -0.482. The first kappa shape index (κ1) is 21.2. The van der Waals surface area contributed by atoms with Crippen LogP contribution >= 0.6 is 0 Å². The molecule has 1 aromatic heterocycles. The van der Waals surface area contributed by atoms with Gasteiger partial charge in [-0.2, -0.15) is 5.26 Å². The van der Waals surface area contributed by atoms with E-state index in [1.165, 1.54) is 25.7 Å². The second-order valence-corrected chi connectivity index (χ2v) is 12.0. The minimum Gasteiger partial charge on any atom is -0.390 e. The molecule has 0 aliphatic heterocycles. The Morgan fingerprint density at radius 2 is 1.90 bits per heavy atom. The van der Waals surface area contributed by atoms with E-state index in [1.54, 1.807) is 17.1 Å². The third kappa shape index (κ3) is 3.28. The highest BCUT2D eigenvalue weighted by Gasteiger charge is 2.61. The molecule has 168 valence electrons. The summed E-state index contributed by atoms with van der Waals surface area (Å²) in [6.07, 6.45) is 13.4. The highest BCUT2D eigenvalue weighted by atomic mass is 16.3. The van der Waals surface area contributed by atoms with E-state index in [-0.39, 0.29) is 11.3 Å². The van der Waals surface area contributed by atoms with Gasteiger partial charge in [-0.1, -0.05) is 13.8 Å². The van der Waals surface area contributed by atoms with Gasteiger partial charge in [0.05, 0.1) is 18.5 Å². The van der Waals surface area contributed by atoms with Crippen LogP contribution in [0, 0.1) is 51.8 Å². The van der Waals surface area contributed by atoms with Gasteiger partial charge in [-0.15, -0.1) is 0 Å². The normalized spacial score (nSPS) is 46.5. The summed E-state index contributed by atoms with van der Waals surface area (Å²) >= 11 is 0. The number of nitrogens with zero attached hydrogens (tertiary/aromatic N) is 3. The Morgan fingerprint density at radius 3 is 2.65 bits per heavy atom. The van der Waals surface area contributed by atoms with E-state index in [0.717, 1.165) is 43.9 Å². The number of nitriles is 1. The number of aliphatic hydroxyl groups is 1. The minimum absolute atomic E-state index is 0.111. The van der Waals surface area contributed by atoms with Crippen molar-refractivity contribution in [3.63, 3.8) is 0 Å². The number of fused-ring (bicyclic) bond motifs is 5. The molecule has 1 N–H and O–H groups in total. The first-order valence-corrected chi connectivity index (χ1v) is 12.3. The number of Topliss-reactive ketones (excluding diaryl/α,β-unsaturated/α-hetero) is 1. The van der Waals surface area contributed by atoms with E-state index < -0.39 is 5.60 Å². The summed E-state index contributed by atoms with van der Waals surface area (Å²) in [5.74, 6) is 3.23. The molecule has 5 heteroatoms. The number of aromatic nitrogens is 2. The van der Waals surface area contributed by atoms with E-state index in [9.17, 15) is 9.90 Å². The lowest BCUT2D eigenvalue weighted by atomic mass is 9.44. The van der Waals surface area contributed by atoms with Crippen molar-refractivity contribution < 1.29 is 9.90 Å². The van der Waals surface area contributed by atoms with Gasteiger partial charge in [0.2, 0.25) is 0 Å². The fourth-order valence-corrected chi connectivity index (χ4v) is 8.75. The molecule has 4 saturated carbocycles. The summed E-state index contributed by atoms with van der Waals surface area (Å²) in [5, 5.41) is 19.7. The van der Waals surface area contributed by atoms with Crippen molar-refractivity contribution in [2.75, 3.05) is 0 Å². The van der Waals surface area contributed by atoms with Crippen molar-refractivity contribution in [3.05, 3.63) is 18.2 Å². The molecule has 4 fully saturated rings. The zero-order chi connectivity index (χ0) is 22.0. The zero-order valence-corrected chi connectivity index (χ0v) is 19.3. The van der Waals surface area contributed by atoms with Crippen LogP contribution in [-0.4, -0.2) is 26.0 Å². The average Bonchev–Trinajstić information content (AvgIpc) is 3.31. The number of carbonyl (C=O) groups is 1. The van der Waals surface area contributed by atoms with Crippen LogP contribution in [0.3, 0.4) is 0 Å². The number of hydrogen-bond acceptors (Lipinski definition) is 4. The van der Waals surface area contributed by atoms with Crippen molar-refractivity contribution in [1.82, 2.24) is 9.55 Å². The van der Waals surface area contributed by atoms with E-state index in [0.29, 0.717) is 35.3 Å². The maximum Gasteiger partial charge on any atom is 0.158 e. The second-order valence-electron chi connectivity index (χ2n) is 12.0. The predicted molar refractivity (Wildman–Crippen MR) is 118 cm³/mol. The van der Waals surface area contributed by atoms with E-state index in [1.807, 2.05) is 13.0 Å². The molecule has 0 unspecified atom stereocenters. The Bertz CT molecular complexity index is 914. The molecule has 0 amide bonds. The van der Waals surface area contributed by atoms with Crippen LogP contribution in [0.2, 0.25) is 0 Å². The van der Waals surface area contributed by atoms with E-state index in [2.05, 4.69) is 18.8 Å². The first-order valence-electron chi connectivity index (χ1n) is 12.3. The molecule has 5 nitrogen and oxygen atoms in total. The van der Waals surface area contributed by atoms with Gasteiger partial charge >= 0.3 is 0 Å². The molecule has 31 heavy (non-hydrogen) atoms. The fraction of sp³-hybridized carbons (Fsp3) is 0.808. The quantitative estimate of drug-likeness (QED) is 0.762. The average molecular weight is 424 g/mol. The van der Waals surface area contributed by atoms with Crippen LogP contribution in [0.15, 0.2) is 12.5 Å². The van der Waals surface area contributed by atoms with Crippen LogP contribution in [0.25, 0.3) is 0 Å². The lowest BCUT2D eigenvalue weighted by Crippen LogP contribution is -2.55. The highest BCUT2D eigenvalue weighted by Crippen LogP contribution is 2.68. The van der Waals surface area contributed by atoms with Gasteiger partial charge in [0.15, 0.2) is 11.5 Å². The van der Waals surface area contributed by atoms with E-state index >= 15 is 0 Å². The van der Waals surface area contributed by atoms with Crippen LogP contribution in [0.4, 0.5) is 0 Å². The van der Waals surface area contributed by atoms with Crippen molar-refractivity contribution >= 4 is 5.78 Å². The van der Waals surface area contributed by atoms with Gasteiger partial charge in [-0.25, -0.2) is 4.98 Å². The molecule has 0 radical (unpaired) electrons.